The Bertz CT molecular complexity index is 685. The third-order valence-corrected chi connectivity index (χ3v) is 5.06. The van der Waals surface area contributed by atoms with Gasteiger partial charge in [-0.2, -0.15) is 0 Å². The number of anilines is 1. The van der Waals surface area contributed by atoms with Crippen molar-refractivity contribution in [3.63, 3.8) is 0 Å². The lowest BCUT2D eigenvalue weighted by Crippen LogP contribution is -2.45. The van der Waals surface area contributed by atoms with Crippen LogP contribution in [0, 0.1) is 6.92 Å². The standard InChI is InChI=1S/C17H22N4OS/c1-12-11-23-17(19-12)20-16(22)18-9-13(2)21-8-7-14-5-3-4-6-15(14)10-21/h3-6,11,13H,7-10H2,1-2H3,(H2,18,19,20,22). The molecule has 0 radical (unpaired) electrons. The van der Waals surface area contributed by atoms with Crippen molar-refractivity contribution in [2.75, 3.05) is 18.4 Å². The number of aryl methyl sites for hydroxylation is 1. The second-order valence-electron chi connectivity index (χ2n) is 5.97. The maximum absolute atomic E-state index is 11.9. The fraction of sp³-hybridized carbons (Fsp3) is 0.412. The number of hydrogen-bond acceptors (Lipinski definition) is 4. The number of hydrogen-bond donors (Lipinski definition) is 2. The van der Waals surface area contributed by atoms with E-state index in [1.807, 2.05) is 12.3 Å². The van der Waals surface area contributed by atoms with E-state index in [0.29, 0.717) is 17.7 Å². The van der Waals surface area contributed by atoms with E-state index in [9.17, 15) is 4.79 Å². The molecule has 0 spiro atoms. The number of amides is 2. The molecule has 1 aromatic carbocycles. The van der Waals surface area contributed by atoms with Crippen LogP contribution in [0.1, 0.15) is 23.7 Å². The van der Waals surface area contributed by atoms with Gasteiger partial charge < -0.3 is 5.32 Å². The number of fused-ring (bicyclic) bond motifs is 1. The third kappa shape index (κ3) is 4.09. The van der Waals surface area contributed by atoms with Crippen molar-refractivity contribution >= 4 is 22.5 Å². The molecule has 1 aromatic heterocycles. The van der Waals surface area contributed by atoms with Gasteiger partial charge in [-0.1, -0.05) is 24.3 Å². The monoisotopic (exact) mass is 330 g/mol. The number of carbonyl (C=O) groups excluding carboxylic acids is 1. The predicted molar refractivity (Wildman–Crippen MR) is 93.9 cm³/mol. The molecule has 1 aliphatic rings. The normalized spacial score (nSPS) is 15.7. The molecule has 0 fully saturated rings. The first-order valence-electron chi connectivity index (χ1n) is 7.89. The molecule has 0 saturated heterocycles. The van der Waals surface area contributed by atoms with E-state index in [-0.39, 0.29) is 6.03 Å². The van der Waals surface area contributed by atoms with Gasteiger partial charge in [-0.15, -0.1) is 11.3 Å². The lowest BCUT2D eigenvalue weighted by atomic mass is 9.99. The zero-order valence-electron chi connectivity index (χ0n) is 13.5. The molecule has 1 unspecified atom stereocenters. The smallest absolute Gasteiger partial charge is 0.321 e. The molecule has 2 N–H and O–H groups in total. The zero-order chi connectivity index (χ0) is 16.2. The molecular formula is C17H22N4OS. The van der Waals surface area contributed by atoms with Crippen molar-refractivity contribution in [3.8, 4) is 0 Å². The fourth-order valence-corrected chi connectivity index (χ4v) is 3.50. The van der Waals surface area contributed by atoms with Crippen LogP contribution in [-0.2, 0) is 13.0 Å². The van der Waals surface area contributed by atoms with E-state index in [1.165, 1.54) is 22.5 Å². The van der Waals surface area contributed by atoms with Crippen LogP contribution >= 0.6 is 11.3 Å². The summed E-state index contributed by atoms with van der Waals surface area (Å²) in [5, 5.41) is 8.27. The minimum absolute atomic E-state index is 0.191. The molecule has 0 aliphatic carbocycles. The molecule has 2 amide bonds. The maximum Gasteiger partial charge on any atom is 0.321 e. The summed E-state index contributed by atoms with van der Waals surface area (Å²) in [7, 11) is 0. The molecule has 1 aliphatic heterocycles. The van der Waals surface area contributed by atoms with Crippen LogP contribution in [0.4, 0.5) is 9.93 Å². The summed E-state index contributed by atoms with van der Waals surface area (Å²) in [6.45, 7) is 6.68. The van der Waals surface area contributed by atoms with Crippen LogP contribution in [0.3, 0.4) is 0 Å². The first-order chi connectivity index (χ1) is 11.1. The summed E-state index contributed by atoms with van der Waals surface area (Å²) in [6.07, 6.45) is 1.07. The Morgan fingerprint density at radius 3 is 2.91 bits per heavy atom. The Balaban J connectivity index is 1.48. The van der Waals surface area contributed by atoms with Gasteiger partial charge in [-0.25, -0.2) is 9.78 Å². The van der Waals surface area contributed by atoms with Gasteiger partial charge >= 0.3 is 6.03 Å². The molecule has 5 nitrogen and oxygen atoms in total. The second-order valence-corrected chi connectivity index (χ2v) is 6.83. The molecule has 23 heavy (non-hydrogen) atoms. The fourth-order valence-electron chi connectivity index (χ4n) is 2.82. The van der Waals surface area contributed by atoms with E-state index in [0.717, 1.165) is 25.2 Å². The van der Waals surface area contributed by atoms with Gasteiger partial charge in [0, 0.05) is 31.1 Å². The summed E-state index contributed by atoms with van der Waals surface area (Å²) in [5.74, 6) is 0. The summed E-state index contributed by atoms with van der Waals surface area (Å²) in [4.78, 5) is 18.6. The number of aromatic nitrogens is 1. The van der Waals surface area contributed by atoms with Gasteiger partial charge in [0.2, 0.25) is 0 Å². The topological polar surface area (TPSA) is 57.3 Å². The average molecular weight is 330 g/mol. The van der Waals surface area contributed by atoms with Crippen LogP contribution in [0.5, 0.6) is 0 Å². The molecule has 122 valence electrons. The largest absolute Gasteiger partial charge is 0.336 e. The molecular weight excluding hydrogens is 308 g/mol. The number of rotatable bonds is 4. The molecule has 6 heteroatoms. The van der Waals surface area contributed by atoms with Crippen LogP contribution in [-0.4, -0.2) is 35.0 Å². The Morgan fingerprint density at radius 2 is 2.17 bits per heavy atom. The molecule has 2 aromatic rings. The number of thiazole rings is 1. The minimum Gasteiger partial charge on any atom is -0.336 e. The van der Waals surface area contributed by atoms with Crippen molar-refractivity contribution in [1.82, 2.24) is 15.2 Å². The van der Waals surface area contributed by atoms with E-state index >= 15 is 0 Å². The Kier molecular flexibility index (Phi) is 4.93. The van der Waals surface area contributed by atoms with Crippen molar-refractivity contribution < 1.29 is 4.79 Å². The molecule has 3 rings (SSSR count). The SMILES string of the molecule is Cc1csc(NC(=O)NCC(C)N2CCc3ccccc3C2)n1. The lowest BCUT2D eigenvalue weighted by Gasteiger charge is -2.33. The van der Waals surface area contributed by atoms with Crippen molar-refractivity contribution in [1.29, 1.82) is 0 Å². The van der Waals surface area contributed by atoms with Gasteiger partial charge in [0.25, 0.3) is 0 Å². The van der Waals surface area contributed by atoms with Crippen molar-refractivity contribution in [2.45, 2.75) is 32.9 Å². The number of nitrogens with zero attached hydrogens (tertiary/aromatic N) is 2. The third-order valence-electron chi connectivity index (χ3n) is 4.18. The predicted octanol–water partition coefficient (Wildman–Crippen LogP) is 3.02. The molecule has 2 heterocycles. The number of carbonyl (C=O) groups is 1. The lowest BCUT2D eigenvalue weighted by molar-refractivity contribution is 0.186. The van der Waals surface area contributed by atoms with Crippen molar-refractivity contribution in [2.24, 2.45) is 0 Å². The van der Waals surface area contributed by atoms with E-state index in [4.69, 9.17) is 0 Å². The minimum atomic E-state index is -0.191. The van der Waals surface area contributed by atoms with E-state index in [2.05, 4.69) is 51.7 Å². The van der Waals surface area contributed by atoms with E-state index in [1.54, 1.807) is 0 Å². The van der Waals surface area contributed by atoms with Gasteiger partial charge in [0.15, 0.2) is 5.13 Å². The number of benzene rings is 1. The van der Waals surface area contributed by atoms with Gasteiger partial charge in [0.05, 0.1) is 5.69 Å². The highest BCUT2D eigenvalue weighted by molar-refractivity contribution is 7.13. The van der Waals surface area contributed by atoms with E-state index < -0.39 is 0 Å². The molecule has 0 bridgehead atoms. The molecule has 0 saturated carbocycles. The summed E-state index contributed by atoms with van der Waals surface area (Å²) >= 11 is 1.44. The Labute approximate surface area is 140 Å². The Morgan fingerprint density at radius 1 is 1.39 bits per heavy atom. The highest BCUT2D eigenvalue weighted by Crippen LogP contribution is 2.20. The first kappa shape index (κ1) is 16.0. The summed E-state index contributed by atoms with van der Waals surface area (Å²) < 4.78 is 0. The quantitative estimate of drug-likeness (QED) is 0.906. The van der Waals surface area contributed by atoms with Gasteiger partial charge in [0.1, 0.15) is 0 Å². The highest BCUT2D eigenvalue weighted by Gasteiger charge is 2.20. The second kappa shape index (κ2) is 7.10. The van der Waals surface area contributed by atoms with Crippen LogP contribution in [0.25, 0.3) is 0 Å². The van der Waals surface area contributed by atoms with Crippen LogP contribution in [0.2, 0.25) is 0 Å². The summed E-state index contributed by atoms with van der Waals surface area (Å²) in [6, 6.07) is 8.70. The molecule has 1 atom stereocenters. The van der Waals surface area contributed by atoms with Crippen LogP contribution < -0.4 is 10.6 Å². The van der Waals surface area contributed by atoms with Gasteiger partial charge in [-0.3, -0.25) is 10.2 Å². The number of urea groups is 1. The number of nitrogens with one attached hydrogen (secondary N) is 2. The Hall–Kier alpha value is -1.92. The first-order valence-corrected chi connectivity index (χ1v) is 8.77. The van der Waals surface area contributed by atoms with Gasteiger partial charge in [-0.05, 0) is 31.4 Å². The average Bonchev–Trinajstić information content (AvgIpc) is 2.97. The zero-order valence-corrected chi connectivity index (χ0v) is 14.3. The highest BCUT2D eigenvalue weighted by atomic mass is 32.1. The summed E-state index contributed by atoms with van der Waals surface area (Å²) in [5.41, 5.74) is 3.76. The maximum atomic E-state index is 11.9. The van der Waals surface area contributed by atoms with Crippen molar-refractivity contribution in [3.05, 3.63) is 46.5 Å². The van der Waals surface area contributed by atoms with Crippen LogP contribution in [0.15, 0.2) is 29.6 Å².